The second kappa shape index (κ2) is 6.88. The lowest BCUT2D eigenvalue weighted by Gasteiger charge is -2.30. The van der Waals surface area contributed by atoms with Crippen LogP contribution in [0.2, 0.25) is 0 Å². The van der Waals surface area contributed by atoms with Gasteiger partial charge in [-0.3, -0.25) is 4.79 Å². The Labute approximate surface area is 139 Å². The summed E-state index contributed by atoms with van der Waals surface area (Å²) in [5.74, 6) is -0.565. The average molecular weight is 329 g/mol. The summed E-state index contributed by atoms with van der Waals surface area (Å²) in [5, 5.41) is 9.02. The largest absolute Gasteiger partial charge is 0.479 e. The highest BCUT2D eigenvalue weighted by Crippen LogP contribution is 2.24. The van der Waals surface area contributed by atoms with E-state index in [1.165, 1.54) is 10.5 Å². The molecule has 0 saturated carbocycles. The molecular formula is C18H19NO5. The minimum absolute atomic E-state index is 0.0232. The third-order valence-electron chi connectivity index (χ3n) is 4.09. The predicted octanol–water partition coefficient (Wildman–Crippen LogP) is 2.43. The van der Waals surface area contributed by atoms with Gasteiger partial charge < -0.3 is 19.2 Å². The van der Waals surface area contributed by atoms with Gasteiger partial charge in [0.15, 0.2) is 11.9 Å². The van der Waals surface area contributed by atoms with E-state index in [1.807, 2.05) is 24.3 Å². The Bertz CT molecular complexity index is 734. The van der Waals surface area contributed by atoms with Crippen LogP contribution in [-0.2, 0) is 16.0 Å². The molecule has 3 rings (SSSR count). The third kappa shape index (κ3) is 3.33. The summed E-state index contributed by atoms with van der Waals surface area (Å²) in [6, 6.07) is 11.3. The fourth-order valence-corrected chi connectivity index (χ4v) is 2.65. The summed E-state index contributed by atoms with van der Waals surface area (Å²) in [6.07, 6.45) is -0.0250. The number of morpholine rings is 1. The van der Waals surface area contributed by atoms with E-state index in [9.17, 15) is 9.59 Å². The zero-order valence-electron chi connectivity index (χ0n) is 13.4. The van der Waals surface area contributed by atoms with E-state index in [2.05, 4.69) is 6.92 Å². The minimum Gasteiger partial charge on any atom is -0.479 e. The zero-order valence-corrected chi connectivity index (χ0v) is 13.4. The molecule has 1 atom stereocenters. The SMILES string of the molecule is CCc1ccc(-c2ccc(C(=O)N3CCOC(C(=O)O)C3)o2)cc1. The molecule has 6 heteroatoms. The van der Waals surface area contributed by atoms with E-state index < -0.39 is 12.1 Å². The monoisotopic (exact) mass is 329 g/mol. The molecule has 1 aliphatic heterocycles. The molecule has 126 valence electrons. The molecule has 2 aromatic rings. The van der Waals surface area contributed by atoms with Crippen molar-refractivity contribution in [1.29, 1.82) is 0 Å². The van der Waals surface area contributed by atoms with E-state index in [0.717, 1.165) is 12.0 Å². The summed E-state index contributed by atoms with van der Waals surface area (Å²) < 4.78 is 10.8. The molecule has 0 radical (unpaired) electrons. The number of furan rings is 1. The molecular weight excluding hydrogens is 310 g/mol. The molecule has 24 heavy (non-hydrogen) atoms. The zero-order chi connectivity index (χ0) is 17.1. The highest BCUT2D eigenvalue weighted by molar-refractivity contribution is 5.92. The summed E-state index contributed by atoms with van der Waals surface area (Å²) in [5.41, 5.74) is 2.13. The smallest absolute Gasteiger partial charge is 0.334 e. The van der Waals surface area contributed by atoms with Crippen molar-refractivity contribution in [2.75, 3.05) is 19.7 Å². The molecule has 1 saturated heterocycles. The van der Waals surface area contributed by atoms with Crippen molar-refractivity contribution in [3.8, 4) is 11.3 Å². The Balaban J connectivity index is 1.74. The maximum Gasteiger partial charge on any atom is 0.334 e. The summed E-state index contributed by atoms with van der Waals surface area (Å²) in [7, 11) is 0. The minimum atomic E-state index is -1.07. The fourth-order valence-electron chi connectivity index (χ4n) is 2.65. The number of amides is 1. The quantitative estimate of drug-likeness (QED) is 0.932. The van der Waals surface area contributed by atoms with Gasteiger partial charge in [-0.05, 0) is 24.1 Å². The molecule has 1 aromatic carbocycles. The topological polar surface area (TPSA) is 80.0 Å². The van der Waals surface area contributed by atoms with Crippen LogP contribution >= 0.6 is 0 Å². The van der Waals surface area contributed by atoms with Crippen LogP contribution in [0.3, 0.4) is 0 Å². The Morgan fingerprint density at radius 1 is 1.21 bits per heavy atom. The van der Waals surface area contributed by atoms with Crippen molar-refractivity contribution >= 4 is 11.9 Å². The predicted molar refractivity (Wildman–Crippen MR) is 86.8 cm³/mol. The van der Waals surface area contributed by atoms with Gasteiger partial charge in [0, 0.05) is 12.1 Å². The number of carboxylic acid groups (broad SMARTS) is 1. The first kappa shape index (κ1) is 16.3. The number of nitrogens with zero attached hydrogens (tertiary/aromatic N) is 1. The van der Waals surface area contributed by atoms with Crippen molar-refractivity contribution in [2.45, 2.75) is 19.4 Å². The summed E-state index contributed by atoms with van der Waals surface area (Å²) in [4.78, 5) is 25.0. The molecule has 1 unspecified atom stereocenters. The van der Waals surface area contributed by atoms with Gasteiger partial charge in [-0.25, -0.2) is 4.79 Å². The number of aliphatic carboxylic acids is 1. The second-order valence-corrected chi connectivity index (χ2v) is 5.66. The van der Waals surface area contributed by atoms with Crippen molar-refractivity contribution in [3.63, 3.8) is 0 Å². The maximum atomic E-state index is 12.5. The van der Waals surface area contributed by atoms with E-state index in [-0.39, 0.29) is 24.8 Å². The first-order chi connectivity index (χ1) is 11.6. The van der Waals surface area contributed by atoms with Crippen molar-refractivity contribution in [2.24, 2.45) is 0 Å². The Morgan fingerprint density at radius 3 is 2.62 bits per heavy atom. The van der Waals surface area contributed by atoms with Crippen LogP contribution in [0, 0.1) is 0 Å². The molecule has 1 N–H and O–H groups in total. The number of carbonyl (C=O) groups is 2. The van der Waals surface area contributed by atoms with Crippen LogP contribution in [0.15, 0.2) is 40.8 Å². The lowest BCUT2D eigenvalue weighted by atomic mass is 10.1. The molecule has 1 fully saturated rings. The number of rotatable bonds is 4. The van der Waals surface area contributed by atoms with Gasteiger partial charge in [0.05, 0.1) is 13.2 Å². The van der Waals surface area contributed by atoms with Crippen LogP contribution in [-0.4, -0.2) is 47.7 Å². The first-order valence-electron chi connectivity index (χ1n) is 7.91. The lowest BCUT2D eigenvalue weighted by molar-refractivity contribution is -0.154. The van der Waals surface area contributed by atoms with Crippen LogP contribution in [0.1, 0.15) is 23.0 Å². The van der Waals surface area contributed by atoms with Gasteiger partial charge in [0.2, 0.25) is 0 Å². The number of carboxylic acids is 1. The van der Waals surface area contributed by atoms with E-state index >= 15 is 0 Å². The Kier molecular flexibility index (Phi) is 4.66. The van der Waals surface area contributed by atoms with Crippen LogP contribution in [0.5, 0.6) is 0 Å². The third-order valence-corrected chi connectivity index (χ3v) is 4.09. The lowest BCUT2D eigenvalue weighted by Crippen LogP contribution is -2.48. The number of hydrogen-bond donors (Lipinski definition) is 1. The van der Waals surface area contributed by atoms with E-state index in [4.69, 9.17) is 14.3 Å². The number of benzene rings is 1. The highest BCUT2D eigenvalue weighted by Gasteiger charge is 2.30. The average Bonchev–Trinajstić information content (AvgIpc) is 3.11. The molecule has 0 spiro atoms. The molecule has 0 aliphatic carbocycles. The Hall–Kier alpha value is -2.60. The highest BCUT2D eigenvalue weighted by atomic mass is 16.5. The molecule has 1 aliphatic rings. The second-order valence-electron chi connectivity index (χ2n) is 5.66. The number of aryl methyl sites for hydroxylation is 1. The number of hydrogen-bond acceptors (Lipinski definition) is 4. The van der Waals surface area contributed by atoms with Crippen LogP contribution in [0.25, 0.3) is 11.3 Å². The van der Waals surface area contributed by atoms with Gasteiger partial charge in [0.1, 0.15) is 5.76 Å². The summed E-state index contributed by atoms with van der Waals surface area (Å²) in [6.45, 7) is 2.67. The fraction of sp³-hybridized carbons (Fsp3) is 0.333. The normalized spacial score (nSPS) is 17.7. The van der Waals surface area contributed by atoms with Gasteiger partial charge in [-0.15, -0.1) is 0 Å². The van der Waals surface area contributed by atoms with Crippen LogP contribution < -0.4 is 0 Å². The summed E-state index contributed by atoms with van der Waals surface area (Å²) >= 11 is 0. The Morgan fingerprint density at radius 2 is 1.96 bits per heavy atom. The molecule has 1 amide bonds. The molecule has 6 nitrogen and oxygen atoms in total. The van der Waals surface area contributed by atoms with Crippen molar-refractivity contribution < 1.29 is 23.8 Å². The standard InChI is InChI=1S/C18H19NO5/c1-2-12-3-5-13(6-4-12)14-7-8-15(24-14)17(20)19-9-10-23-16(11-19)18(21)22/h3-8,16H,2,9-11H2,1H3,(H,21,22). The van der Waals surface area contributed by atoms with Gasteiger partial charge in [0.25, 0.3) is 5.91 Å². The van der Waals surface area contributed by atoms with Crippen molar-refractivity contribution in [3.05, 3.63) is 47.7 Å². The van der Waals surface area contributed by atoms with Gasteiger partial charge >= 0.3 is 5.97 Å². The number of ether oxygens (including phenoxy) is 1. The van der Waals surface area contributed by atoms with Gasteiger partial charge in [-0.1, -0.05) is 31.2 Å². The molecule has 2 heterocycles. The van der Waals surface area contributed by atoms with Gasteiger partial charge in [-0.2, -0.15) is 0 Å². The first-order valence-corrected chi connectivity index (χ1v) is 7.91. The van der Waals surface area contributed by atoms with E-state index in [0.29, 0.717) is 12.3 Å². The molecule has 0 bridgehead atoms. The molecule has 1 aromatic heterocycles. The maximum absolute atomic E-state index is 12.5. The van der Waals surface area contributed by atoms with Crippen molar-refractivity contribution in [1.82, 2.24) is 4.90 Å². The number of carbonyl (C=O) groups excluding carboxylic acids is 1. The van der Waals surface area contributed by atoms with E-state index in [1.54, 1.807) is 12.1 Å². The van der Waals surface area contributed by atoms with Crippen LogP contribution in [0.4, 0.5) is 0 Å².